The Balaban J connectivity index is 2.10. The smallest absolute Gasteiger partial charge is 0.126 e. The fraction of sp³-hybridized carbons (Fsp3) is 0.250. The van der Waals surface area contributed by atoms with Crippen molar-refractivity contribution < 1.29 is 4.39 Å². The van der Waals surface area contributed by atoms with Gasteiger partial charge in [-0.15, -0.1) is 11.8 Å². The van der Waals surface area contributed by atoms with Gasteiger partial charge in [0.15, 0.2) is 0 Å². The van der Waals surface area contributed by atoms with Crippen LogP contribution in [-0.2, 0) is 0 Å². The molecule has 1 atom stereocenters. The van der Waals surface area contributed by atoms with Gasteiger partial charge in [-0.1, -0.05) is 12.1 Å². The molecule has 3 heteroatoms. The molecular formula is C16H18FNS. The van der Waals surface area contributed by atoms with Gasteiger partial charge in [0.1, 0.15) is 5.82 Å². The van der Waals surface area contributed by atoms with Gasteiger partial charge in [-0.05, 0) is 61.6 Å². The molecule has 0 saturated carbocycles. The molecule has 0 aromatic heterocycles. The van der Waals surface area contributed by atoms with E-state index >= 15 is 0 Å². The molecule has 0 spiro atoms. The van der Waals surface area contributed by atoms with E-state index < -0.39 is 0 Å². The van der Waals surface area contributed by atoms with E-state index in [4.69, 9.17) is 0 Å². The quantitative estimate of drug-likeness (QED) is 0.785. The van der Waals surface area contributed by atoms with Crippen LogP contribution in [0.4, 0.5) is 10.1 Å². The van der Waals surface area contributed by atoms with E-state index in [1.165, 1.54) is 4.90 Å². The third-order valence-corrected chi connectivity index (χ3v) is 3.91. The van der Waals surface area contributed by atoms with Crippen molar-refractivity contribution >= 4 is 17.4 Å². The van der Waals surface area contributed by atoms with Crippen LogP contribution >= 0.6 is 11.8 Å². The average Bonchev–Trinajstić information content (AvgIpc) is 2.42. The van der Waals surface area contributed by atoms with Crippen LogP contribution < -0.4 is 5.32 Å². The van der Waals surface area contributed by atoms with Gasteiger partial charge in [0, 0.05) is 16.6 Å². The van der Waals surface area contributed by atoms with Crippen LogP contribution in [0.1, 0.15) is 24.1 Å². The molecule has 2 rings (SSSR count). The SMILES string of the molecule is CSc1ccc(NC(C)c2ccc(C)c(F)c2)cc1. The lowest BCUT2D eigenvalue weighted by Crippen LogP contribution is -2.07. The molecule has 1 unspecified atom stereocenters. The van der Waals surface area contributed by atoms with Crippen LogP contribution in [0.2, 0.25) is 0 Å². The van der Waals surface area contributed by atoms with Crippen molar-refractivity contribution in [2.75, 3.05) is 11.6 Å². The number of rotatable bonds is 4. The van der Waals surface area contributed by atoms with Crippen molar-refractivity contribution in [3.63, 3.8) is 0 Å². The summed E-state index contributed by atoms with van der Waals surface area (Å²) in [6.45, 7) is 3.81. The largest absolute Gasteiger partial charge is 0.379 e. The van der Waals surface area contributed by atoms with Gasteiger partial charge < -0.3 is 5.32 Å². The standard InChI is InChI=1S/C16H18FNS/c1-11-4-5-13(10-16(11)17)12(2)18-14-6-8-15(19-3)9-7-14/h4-10,12,18H,1-3H3. The van der Waals surface area contributed by atoms with E-state index in [2.05, 4.69) is 23.7 Å². The number of anilines is 1. The minimum Gasteiger partial charge on any atom is -0.379 e. The van der Waals surface area contributed by atoms with Crippen molar-refractivity contribution in [3.05, 3.63) is 59.4 Å². The first-order chi connectivity index (χ1) is 9.10. The predicted molar refractivity (Wildman–Crippen MR) is 81.4 cm³/mol. The molecule has 2 aromatic rings. The molecule has 0 aliphatic heterocycles. The molecule has 0 saturated heterocycles. The van der Waals surface area contributed by atoms with Crippen LogP contribution in [0.3, 0.4) is 0 Å². The van der Waals surface area contributed by atoms with E-state index in [0.29, 0.717) is 5.56 Å². The lowest BCUT2D eigenvalue weighted by atomic mass is 10.1. The molecule has 1 nitrogen and oxygen atoms in total. The Bertz CT molecular complexity index is 551. The summed E-state index contributed by atoms with van der Waals surface area (Å²) in [6, 6.07) is 13.7. The number of halogens is 1. The van der Waals surface area contributed by atoms with Gasteiger partial charge >= 0.3 is 0 Å². The second-order valence-electron chi connectivity index (χ2n) is 4.60. The molecule has 0 bridgehead atoms. The monoisotopic (exact) mass is 275 g/mol. The van der Waals surface area contributed by atoms with Gasteiger partial charge in [-0.3, -0.25) is 0 Å². The molecule has 19 heavy (non-hydrogen) atoms. The van der Waals surface area contributed by atoms with Gasteiger partial charge in [0.05, 0.1) is 0 Å². The summed E-state index contributed by atoms with van der Waals surface area (Å²) in [5, 5.41) is 3.38. The summed E-state index contributed by atoms with van der Waals surface area (Å²) in [5.74, 6) is -0.149. The minimum absolute atomic E-state index is 0.0789. The van der Waals surface area contributed by atoms with Crippen molar-refractivity contribution in [1.29, 1.82) is 0 Å². The summed E-state index contributed by atoms with van der Waals surface area (Å²) in [4.78, 5) is 1.24. The minimum atomic E-state index is -0.149. The molecule has 0 aliphatic carbocycles. The molecule has 0 amide bonds. The molecule has 100 valence electrons. The van der Waals surface area contributed by atoms with E-state index in [9.17, 15) is 4.39 Å². The zero-order valence-electron chi connectivity index (χ0n) is 11.4. The highest BCUT2D eigenvalue weighted by Crippen LogP contribution is 2.23. The zero-order valence-corrected chi connectivity index (χ0v) is 12.2. The van der Waals surface area contributed by atoms with Gasteiger partial charge in [0.2, 0.25) is 0 Å². The topological polar surface area (TPSA) is 12.0 Å². The Morgan fingerprint density at radius 3 is 2.37 bits per heavy atom. The van der Waals surface area contributed by atoms with Crippen LogP contribution in [0.5, 0.6) is 0 Å². The maximum atomic E-state index is 13.5. The zero-order chi connectivity index (χ0) is 13.8. The van der Waals surface area contributed by atoms with Crippen LogP contribution in [0.15, 0.2) is 47.4 Å². The number of hydrogen-bond acceptors (Lipinski definition) is 2. The Morgan fingerprint density at radius 1 is 1.11 bits per heavy atom. The molecule has 0 radical (unpaired) electrons. The predicted octanol–water partition coefficient (Wildman–Crippen LogP) is 5.03. The van der Waals surface area contributed by atoms with Gasteiger partial charge in [0.25, 0.3) is 0 Å². The van der Waals surface area contributed by atoms with Crippen molar-refractivity contribution in [3.8, 4) is 0 Å². The highest BCUT2D eigenvalue weighted by molar-refractivity contribution is 7.98. The molecule has 0 aliphatic rings. The molecule has 2 aromatic carbocycles. The maximum absolute atomic E-state index is 13.5. The first-order valence-electron chi connectivity index (χ1n) is 6.27. The highest BCUT2D eigenvalue weighted by atomic mass is 32.2. The van der Waals surface area contributed by atoms with Crippen molar-refractivity contribution in [1.82, 2.24) is 0 Å². The Morgan fingerprint density at radius 2 is 1.79 bits per heavy atom. The van der Waals surface area contributed by atoms with Gasteiger partial charge in [-0.25, -0.2) is 4.39 Å². The number of benzene rings is 2. The van der Waals surface area contributed by atoms with E-state index in [1.54, 1.807) is 24.8 Å². The first kappa shape index (κ1) is 13.9. The second-order valence-corrected chi connectivity index (χ2v) is 5.48. The van der Waals surface area contributed by atoms with Crippen molar-refractivity contribution in [2.45, 2.75) is 24.8 Å². The number of thioether (sulfide) groups is 1. The Labute approximate surface area is 118 Å². The summed E-state index contributed by atoms with van der Waals surface area (Å²) in [7, 11) is 0. The van der Waals surface area contributed by atoms with Crippen LogP contribution in [0.25, 0.3) is 0 Å². The molecule has 1 N–H and O–H groups in total. The summed E-state index contributed by atoms with van der Waals surface area (Å²) >= 11 is 1.72. The number of nitrogens with one attached hydrogen (secondary N) is 1. The normalized spacial score (nSPS) is 12.2. The Hall–Kier alpha value is -1.48. The second kappa shape index (κ2) is 6.11. The van der Waals surface area contributed by atoms with Gasteiger partial charge in [-0.2, -0.15) is 0 Å². The maximum Gasteiger partial charge on any atom is 0.126 e. The average molecular weight is 275 g/mol. The molecule has 0 fully saturated rings. The van der Waals surface area contributed by atoms with Crippen LogP contribution in [-0.4, -0.2) is 6.26 Å². The third kappa shape index (κ3) is 3.51. The van der Waals surface area contributed by atoms with Crippen LogP contribution in [0, 0.1) is 12.7 Å². The lowest BCUT2D eigenvalue weighted by Gasteiger charge is -2.16. The fourth-order valence-corrected chi connectivity index (χ4v) is 2.31. The van der Waals surface area contributed by atoms with E-state index in [0.717, 1.165) is 11.3 Å². The summed E-state index contributed by atoms with van der Waals surface area (Å²) < 4.78 is 13.5. The number of hydrogen-bond donors (Lipinski definition) is 1. The molecular weight excluding hydrogens is 257 g/mol. The Kier molecular flexibility index (Phi) is 4.48. The number of aryl methyl sites for hydroxylation is 1. The lowest BCUT2D eigenvalue weighted by molar-refractivity contribution is 0.614. The third-order valence-electron chi connectivity index (χ3n) is 3.17. The van der Waals surface area contributed by atoms with Crippen molar-refractivity contribution in [2.24, 2.45) is 0 Å². The van der Waals surface area contributed by atoms with E-state index in [1.807, 2.05) is 31.2 Å². The molecule has 0 heterocycles. The first-order valence-corrected chi connectivity index (χ1v) is 7.49. The van der Waals surface area contributed by atoms with E-state index in [-0.39, 0.29) is 11.9 Å². The fourth-order valence-electron chi connectivity index (χ4n) is 1.90. The summed E-state index contributed by atoms with van der Waals surface area (Å²) in [5.41, 5.74) is 2.68. The highest BCUT2D eigenvalue weighted by Gasteiger charge is 2.07. The summed E-state index contributed by atoms with van der Waals surface area (Å²) in [6.07, 6.45) is 2.06.